The zero-order valence-electron chi connectivity index (χ0n) is 13.4. The predicted octanol–water partition coefficient (Wildman–Crippen LogP) is 2.86. The second-order valence-corrected chi connectivity index (χ2v) is 5.44. The average molecular weight is 312 g/mol. The van der Waals surface area contributed by atoms with Gasteiger partial charge in [0.05, 0.1) is 11.7 Å². The van der Waals surface area contributed by atoms with E-state index in [1.807, 2.05) is 26.8 Å². The molecule has 0 aliphatic heterocycles. The van der Waals surface area contributed by atoms with Crippen molar-refractivity contribution in [3.63, 3.8) is 0 Å². The van der Waals surface area contributed by atoms with E-state index in [-0.39, 0.29) is 12.0 Å². The summed E-state index contributed by atoms with van der Waals surface area (Å²) in [5.41, 5.74) is 6.64. The Balaban J connectivity index is 2.04. The van der Waals surface area contributed by atoms with E-state index in [1.54, 1.807) is 42.5 Å². The largest absolute Gasteiger partial charge is 0.490 e. The van der Waals surface area contributed by atoms with Gasteiger partial charge in [0.2, 0.25) is 0 Å². The summed E-state index contributed by atoms with van der Waals surface area (Å²) in [6, 6.07) is 14.0. The highest BCUT2D eigenvalue weighted by molar-refractivity contribution is 6.00. The number of amides is 2. The Hall–Kier alpha value is -2.82. The van der Waals surface area contributed by atoms with E-state index in [0.29, 0.717) is 16.9 Å². The zero-order valence-corrected chi connectivity index (χ0v) is 13.4. The van der Waals surface area contributed by atoms with E-state index >= 15 is 0 Å². The first-order valence-electron chi connectivity index (χ1n) is 7.40. The van der Waals surface area contributed by atoms with Crippen molar-refractivity contribution in [3.8, 4) is 5.75 Å². The first-order valence-corrected chi connectivity index (χ1v) is 7.40. The van der Waals surface area contributed by atoms with Crippen LogP contribution in [0.5, 0.6) is 5.75 Å². The van der Waals surface area contributed by atoms with E-state index < -0.39 is 5.91 Å². The van der Waals surface area contributed by atoms with Gasteiger partial charge < -0.3 is 4.74 Å². The fraction of sp³-hybridized carbons (Fsp3) is 0.222. The molecule has 5 nitrogen and oxygen atoms in total. The fourth-order valence-electron chi connectivity index (χ4n) is 2.05. The Labute approximate surface area is 135 Å². The van der Waals surface area contributed by atoms with Gasteiger partial charge in [0.1, 0.15) is 5.75 Å². The Morgan fingerprint density at radius 1 is 0.957 bits per heavy atom. The van der Waals surface area contributed by atoms with Gasteiger partial charge in [-0.25, -0.2) is 0 Å². The van der Waals surface area contributed by atoms with Gasteiger partial charge in [-0.15, -0.1) is 0 Å². The second kappa shape index (κ2) is 7.45. The topological polar surface area (TPSA) is 67.4 Å². The van der Waals surface area contributed by atoms with Crippen LogP contribution in [0.3, 0.4) is 0 Å². The summed E-state index contributed by atoms with van der Waals surface area (Å²) >= 11 is 0. The molecule has 0 aromatic heterocycles. The lowest BCUT2D eigenvalue weighted by atomic mass is 10.1. The molecule has 5 heteroatoms. The molecule has 2 rings (SSSR count). The molecule has 0 unspecified atom stereocenters. The van der Waals surface area contributed by atoms with Gasteiger partial charge in [0, 0.05) is 5.56 Å². The lowest BCUT2D eigenvalue weighted by Gasteiger charge is -2.14. The molecule has 2 aromatic rings. The minimum atomic E-state index is -0.428. The summed E-state index contributed by atoms with van der Waals surface area (Å²) in [5, 5.41) is 0. The molecule has 0 radical (unpaired) electrons. The molecule has 0 bridgehead atoms. The summed E-state index contributed by atoms with van der Waals surface area (Å²) in [7, 11) is 0. The van der Waals surface area contributed by atoms with Crippen LogP contribution in [0.25, 0.3) is 0 Å². The third-order valence-electron chi connectivity index (χ3n) is 3.06. The quantitative estimate of drug-likeness (QED) is 0.853. The molecule has 0 saturated carbocycles. The summed E-state index contributed by atoms with van der Waals surface area (Å²) in [5.74, 6) is -0.323. The summed E-state index contributed by atoms with van der Waals surface area (Å²) < 4.78 is 5.60. The molecular weight excluding hydrogens is 292 g/mol. The number of hydrazine groups is 1. The molecule has 2 aromatic carbocycles. The Kier molecular flexibility index (Phi) is 5.36. The summed E-state index contributed by atoms with van der Waals surface area (Å²) in [4.78, 5) is 24.3. The van der Waals surface area contributed by atoms with Crippen LogP contribution in [0.1, 0.15) is 40.1 Å². The maximum atomic E-state index is 12.2. The van der Waals surface area contributed by atoms with Crippen molar-refractivity contribution < 1.29 is 14.3 Å². The number of nitrogens with one attached hydrogen (secondary N) is 2. The van der Waals surface area contributed by atoms with Crippen molar-refractivity contribution >= 4 is 11.8 Å². The van der Waals surface area contributed by atoms with E-state index in [0.717, 1.165) is 5.56 Å². The minimum Gasteiger partial charge on any atom is -0.490 e. The maximum Gasteiger partial charge on any atom is 0.273 e. The molecule has 0 atom stereocenters. The van der Waals surface area contributed by atoms with Crippen LogP contribution in [-0.2, 0) is 0 Å². The van der Waals surface area contributed by atoms with Crippen molar-refractivity contribution in [2.75, 3.05) is 0 Å². The van der Waals surface area contributed by atoms with Crippen LogP contribution in [0.2, 0.25) is 0 Å². The highest BCUT2D eigenvalue weighted by atomic mass is 16.5. The number of carbonyl (C=O) groups excluding carboxylic acids is 2. The predicted molar refractivity (Wildman–Crippen MR) is 88.3 cm³/mol. The number of para-hydroxylation sites is 1. The van der Waals surface area contributed by atoms with Crippen molar-refractivity contribution in [2.45, 2.75) is 26.9 Å². The molecule has 120 valence electrons. The Bertz CT molecular complexity index is 711. The molecule has 0 saturated heterocycles. The van der Waals surface area contributed by atoms with Gasteiger partial charge in [-0.05, 0) is 45.0 Å². The molecule has 0 aliphatic carbocycles. The van der Waals surface area contributed by atoms with Crippen LogP contribution in [0.4, 0.5) is 0 Å². The van der Waals surface area contributed by atoms with E-state index in [4.69, 9.17) is 4.74 Å². The lowest BCUT2D eigenvalue weighted by molar-refractivity contribution is 0.0843. The Morgan fingerprint density at radius 2 is 1.65 bits per heavy atom. The number of aryl methyl sites for hydroxylation is 1. The normalized spacial score (nSPS) is 10.3. The van der Waals surface area contributed by atoms with E-state index in [9.17, 15) is 9.59 Å². The zero-order chi connectivity index (χ0) is 16.8. The van der Waals surface area contributed by atoms with Crippen LogP contribution in [0.15, 0.2) is 48.5 Å². The van der Waals surface area contributed by atoms with Gasteiger partial charge in [-0.3, -0.25) is 20.4 Å². The summed E-state index contributed by atoms with van der Waals surface area (Å²) in [6.45, 7) is 5.66. The van der Waals surface area contributed by atoms with Crippen LogP contribution in [0, 0.1) is 6.92 Å². The molecule has 0 spiro atoms. The van der Waals surface area contributed by atoms with Gasteiger partial charge >= 0.3 is 0 Å². The van der Waals surface area contributed by atoms with Crippen LogP contribution in [-0.4, -0.2) is 17.9 Å². The fourth-order valence-corrected chi connectivity index (χ4v) is 2.05. The SMILES string of the molecule is Cc1cccc(C(=O)NNC(=O)c2ccccc2OC(C)C)c1. The van der Waals surface area contributed by atoms with Crippen molar-refractivity contribution in [2.24, 2.45) is 0 Å². The standard InChI is InChI=1S/C18H20N2O3/c1-12(2)23-16-10-5-4-9-15(16)18(22)20-19-17(21)14-8-6-7-13(3)11-14/h4-12H,1-3H3,(H,19,21)(H,20,22). The van der Waals surface area contributed by atoms with Gasteiger partial charge in [0.15, 0.2) is 0 Å². The smallest absolute Gasteiger partial charge is 0.273 e. The Morgan fingerprint density at radius 3 is 2.35 bits per heavy atom. The first-order chi connectivity index (χ1) is 11.0. The van der Waals surface area contributed by atoms with Crippen molar-refractivity contribution in [1.29, 1.82) is 0 Å². The number of benzene rings is 2. The van der Waals surface area contributed by atoms with Crippen molar-refractivity contribution in [1.82, 2.24) is 10.9 Å². The number of carbonyl (C=O) groups is 2. The third-order valence-corrected chi connectivity index (χ3v) is 3.06. The molecule has 23 heavy (non-hydrogen) atoms. The van der Waals surface area contributed by atoms with Crippen LogP contribution < -0.4 is 15.6 Å². The van der Waals surface area contributed by atoms with Crippen molar-refractivity contribution in [3.05, 3.63) is 65.2 Å². The van der Waals surface area contributed by atoms with E-state index in [2.05, 4.69) is 10.9 Å². The third kappa shape index (κ3) is 4.57. The second-order valence-electron chi connectivity index (χ2n) is 5.44. The van der Waals surface area contributed by atoms with E-state index in [1.165, 1.54) is 0 Å². The van der Waals surface area contributed by atoms with Gasteiger partial charge in [-0.2, -0.15) is 0 Å². The van der Waals surface area contributed by atoms with Gasteiger partial charge in [-0.1, -0.05) is 29.8 Å². The summed E-state index contributed by atoms with van der Waals surface area (Å²) in [6.07, 6.45) is -0.0502. The number of hydrogen-bond acceptors (Lipinski definition) is 3. The number of rotatable bonds is 4. The average Bonchev–Trinajstić information content (AvgIpc) is 2.52. The molecule has 0 aliphatic rings. The van der Waals surface area contributed by atoms with Crippen LogP contribution >= 0.6 is 0 Å². The molecule has 0 fully saturated rings. The highest BCUT2D eigenvalue weighted by Crippen LogP contribution is 2.19. The minimum absolute atomic E-state index is 0.0502. The monoisotopic (exact) mass is 312 g/mol. The molecular formula is C18H20N2O3. The molecule has 2 amide bonds. The highest BCUT2D eigenvalue weighted by Gasteiger charge is 2.14. The maximum absolute atomic E-state index is 12.2. The van der Waals surface area contributed by atoms with Gasteiger partial charge in [0.25, 0.3) is 11.8 Å². The number of hydrogen-bond donors (Lipinski definition) is 2. The molecule has 2 N–H and O–H groups in total. The number of ether oxygens (including phenoxy) is 1. The lowest BCUT2D eigenvalue weighted by Crippen LogP contribution is -2.41. The molecule has 0 heterocycles. The first kappa shape index (κ1) is 16.5.